The largest absolute Gasteiger partial charge is 0.396 e. The van der Waals surface area contributed by atoms with Gasteiger partial charge in [-0.3, -0.25) is 0 Å². The van der Waals surface area contributed by atoms with Crippen LogP contribution < -0.4 is 0 Å². The van der Waals surface area contributed by atoms with Gasteiger partial charge in [0, 0.05) is 19.6 Å². The standard InChI is InChI=1S/C11H13FN4O/c12-10-5-2-1-4-9(10)8-11-13-14-15-16(11)6-3-7-17/h1-2,4-5,17H,3,6-8H2. The lowest BCUT2D eigenvalue weighted by atomic mass is 10.1. The lowest BCUT2D eigenvalue weighted by molar-refractivity contribution is 0.275. The maximum Gasteiger partial charge on any atom is 0.155 e. The Balaban J connectivity index is 2.13. The van der Waals surface area contributed by atoms with Gasteiger partial charge in [0.05, 0.1) is 0 Å². The maximum absolute atomic E-state index is 13.4. The Kier molecular flexibility index (Phi) is 3.77. The fourth-order valence-electron chi connectivity index (χ4n) is 1.56. The number of aliphatic hydroxyl groups excluding tert-OH is 1. The van der Waals surface area contributed by atoms with Gasteiger partial charge in [0.25, 0.3) is 0 Å². The van der Waals surface area contributed by atoms with E-state index in [0.717, 1.165) is 0 Å². The van der Waals surface area contributed by atoms with Crippen LogP contribution in [0.5, 0.6) is 0 Å². The average Bonchev–Trinajstić information content (AvgIpc) is 2.77. The molecular weight excluding hydrogens is 223 g/mol. The highest BCUT2D eigenvalue weighted by Gasteiger charge is 2.09. The molecule has 2 rings (SSSR count). The Bertz CT molecular complexity index is 486. The summed E-state index contributed by atoms with van der Waals surface area (Å²) in [7, 11) is 0. The molecule has 2 aromatic rings. The molecular formula is C11H13FN4O. The van der Waals surface area contributed by atoms with E-state index in [4.69, 9.17) is 5.11 Å². The number of hydrogen-bond acceptors (Lipinski definition) is 4. The molecule has 0 radical (unpaired) electrons. The van der Waals surface area contributed by atoms with Crippen LogP contribution in [0.3, 0.4) is 0 Å². The van der Waals surface area contributed by atoms with Crippen molar-refractivity contribution in [2.45, 2.75) is 19.4 Å². The summed E-state index contributed by atoms with van der Waals surface area (Å²) >= 11 is 0. The van der Waals surface area contributed by atoms with Crippen LogP contribution in [0.25, 0.3) is 0 Å². The number of nitrogens with zero attached hydrogens (tertiary/aromatic N) is 4. The molecule has 17 heavy (non-hydrogen) atoms. The zero-order chi connectivity index (χ0) is 12.1. The van der Waals surface area contributed by atoms with Gasteiger partial charge in [-0.2, -0.15) is 0 Å². The second-order valence-corrected chi connectivity index (χ2v) is 3.66. The van der Waals surface area contributed by atoms with Crippen molar-refractivity contribution < 1.29 is 9.50 Å². The number of hydrogen-bond donors (Lipinski definition) is 1. The third-order valence-corrected chi connectivity index (χ3v) is 2.44. The summed E-state index contributed by atoms with van der Waals surface area (Å²) in [6, 6.07) is 6.55. The molecule has 1 aromatic carbocycles. The highest BCUT2D eigenvalue weighted by molar-refractivity contribution is 5.20. The van der Waals surface area contributed by atoms with Gasteiger partial charge < -0.3 is 5.11 Å². The molecule has 0 spiro atoms. The lowest BCUT2D eigenvalue weighted by Crippen LogP contribution is -2.08. The number of aromatic nitrogens is 4. The SMILES string of the molecule is OCCCn1nnnc1Cc1ccccc1F. The molecule has 0 aliphatic heterocycles. The predicted octanol–water partition coefficient (Wildman–Crippen LogP) is 0.785. The third-order valence-electron chi connectivity index (χ3n) is 2.44. The third kappa shape index (κ3) is 2.85. The van der Waals surface area contributed by atoms with Crippen LogP contribution >= 0.6 is 0 Å². The zero-order valence-corrected chi connectivity index (χ0v) is 9.25. The van der Waals surface area contributed by atoms with Gasteiger partial charge in [0.2, 0.25) is 0 Å². The summed E-state index contributed by atoms with van der Waals surface area (Å²) in [6.07, 6.45) is 0.931. The van der Waals surface area contributed by atoms with Crippen LogP contribution in [0.4, 0.5) is 4.39 Å². The highest BCUT2D eigenvalue weighted by Crippen LogP contribution is 2.10. The van der Waals surface area contributed by atoms with E-state index in [1.54, 1.807) is 22.9 Å². The van der Waals surface area contributed by atoms with Crippen LogP contribution in [-0.4, -0.2) is 31.9 Å². The van der Waals surface area contributed by atoms with E-state index >= 15 is 0 Å². The minimum absolute atomic E-state index is 0.0823. The molecule has 0 fully saturated rings. The minimum Gasteiger partial charge on any atom is -0.396 e. The van der Waals surface area contributed by atoms with Crippen LogP contribution in [0.1, 0.15) is 17.8 Å². The van der Waals surface area contributed by atoms with Gasteiger partial charge in [-0.25, -0.2) is 9.07 Å². The summed E-state index contributed by atoms with van der Waals surface area (Å²) in [5.41, 5.74) is 0.563. The van der Waals surface area contributed by atoms with Crippen molar-refractivity contribution in [2.75, 3.05) is 6.61 Å². The summed E-state index contributed by atoms with van der Waals surface area (Å²) in [5, 5.41) is 20.0. The van der Waals surface area contributed by atoms with Crippen LogP contribution in [0.2, 0.25) is 0 Å². The number of aliphatic hydroxyl groups is 1. The van der Waals surface area contributed by atoms with Gasteiger partial charge in [0.15, 0.2) is 5.82 Å². The van der Waals surface area contributed by atoms with Gasteiger partial charge >= 0.3 is 0 Å². The van der Waals surface area contributed by atoms with Gasteiger partial charge in [-0.1, -0.05) is 18.2 Å². The lowest BCUT2D eigenvalue weighted by Gasteiger charge is -2.04. The summed E-state index contributed by atoms with van der Waals surface area (Å²) in [6.45, 7) is 0.617. The molecule has 0 aliphatic rings. The topological polar surface area (TPSA) is 63.8 Å². The molecule has 1 N–H and O–H groups in total. The van der Waals surface area contributed by atoms with Crippen LogP contribution in [-0.2, 0) is 13.0 Å². The minimum atomic E-state index is -0.260. The first-order valence-corrected chi connectivity index (χ1v) is 5.40. The Hall–Kier alpha value is -1.82. The van der Waals surface area contributed by atoms with Gasteiger partial charge in [-0.15, -0.1) is 5.10 Å². The maximum atomic E-state index is 13.4. The molecule has 90 valence electrons. The van der Waals surface area contributed by atoms with E-state index in [2.05, 4.69) is 15.5 Å². The fourth-order valence-corrected chi connectivity index (χ4v) is 1.56. The van der Waals surface area contributed by atoms with Crippen LogP contribution in [0, 0.1) is 5.82 Å². The van der Waals surface area contributed by atoms with Crippen molar-refractivity contribution in [3.8, 4) is 0 Å². The van der Waals surface area contributed by atoms with E-state index < -0.39 is 0 Å². The van der Waals surface area contributed by atoms with Crippen molar-refractivity contribution in [3.63, 3.8) is 0 Å². The van der Waals surface area contributed by atoms with E-state index in [1.165, 1.54) is 6.07 Å². The first kappa shape index (κ1) is 11.7. The smallest absolute Gasteiger partial charge is 0.155 e. The quantitative estimate of drug-likeness (QED) is 0.833. The van der Waals surface area contributed by atoms with E-state index in [1.807, 2.05) is 0 Å². The van der Waals surface area contributed by atoms with Crippen molar-refractivity contribution in [3.05, 3.63) is 41.5 Å². The average molecular weight is 236 g/mol. The molecule has 1 heterocycles. The first-order valence-electron chi connectivity index (χ1n) is 5.40. The van der Waals surface area contributed by atoms with Crippen LogP contribution in [0.15, 0.2) is 24.3 Å². The molecule has 0 saturated heterocycles. The molecule has 1 aromatic heterocycles. The predicted molar refractivity (Wildman–Crippen MR) is 58.7 cm³/mol. The molecule has 0 bridgehead atoms. The van der Waals surface area contributed by atoms with Crippen molar-refractivity contribution in [1.29, 1.82) is 0 Å². The van der Waals surface area contributed by atoms with E-state index in [0.29, 0.717) is 30.8 Å². The summed E-state index contributed by atoms with van der Waals surface area (Å²) in [4.78, 5) is 0. The number of rotatable bonds is 5. The number of halogens is 1. The normalized spacial score (nSPS) is 10.7. The van der Waals surface area contributed by atoms with E-state index in [-0.39, 0.29) is 12.4 Å². The van der Waals surface area contributed by atoms with Crippen molar-refractivity contribution >= 4 is 0 Å². The molecule has 0 aliphatic carbocycles. The molecule has 0 saturated carbocycles. The van der Waals surface area contributed by atoms with Gasteiger partial charge in [-0.05, 0) is 28.5 Å². The Morgan fingerprint density at radius 3 is 2.88 bits per heavy atom. The van der Waals surface area contributed by atoms with Crippen molar-refractivity contribution in [1.82, 2.24) is 20.2 Å². The second kappa shape index (κ2) is 5.49. The zero-order valence-electron chi connectivity index (χ0n) is 9.25. The number of tetrazole rings is 1. The van der Waals surface area contributed by atoms with E-state index in [9.17, 15) is 4.39 Å². The fraction of sp³-hybridized carbons (Fsp3) is 0.364. The Labute approximate surface area is 97.9 Å². The van der Waals surface area contributed by atoms with Crippen molar-refractivity contribution in [2.24, 2.45) is 0 Å². The Morgan fingerprint density at radius 2 is 2.12 bits per heavy atom. The number of benzene rings is 1. The number of aryl methyl sites for hydroxylation is 1. The highest BCUT2D eigenvalue weighted by atomic mass is 19.1. The second-order valence-electron chi connectivity index (χ2n) is 3.66. The molecule has 5 nitrogen and oxygen atoms in total. The molecule has 0 unspecified atom stereocenters. The Morgan fingerprint density at radius 1 is 1.29 bits per heavy atom. The summed E-state index contributed by atoms with van der Waals surface area (Å²) < 4.78 is 15.0. The molecule has 0 amide bonds. The molecule has 0 atom stereocenters. The van der Waals surface area contributed by atoms with Gasteiger partial charge in [0.1, 0.15) is 5.82 Å². The first-order chi connectivity index (χ1) is 8.31. The molecule has 6 heteroatoms. The monoisotopic (exact) mass is 236 g/mol. The summed E-state index contributed by atoms with van der Waals surface area (Å²) in [5.74, 6) is 0.341.